The van der Waals surface area contributed by atoms with Crippen LogP contribution < -0.4 is 10.1 Å². The number of hydrogen-bond acceptors (Lipinski definition) is 5. The summed E-state index contributed by atoms with van der Waals surface area (Å²) in [6.07, 6.45) is 0.242. The Labute approximate surface area is 148 Å². The Hall–Kier alpha value is -2.31. The molecule has 1 aromatic heterocycles. The molecule has 126 valence electrons. The van der Waals surface area contributed by atoms with Gasteiger partial charge >= 0.3 is 5.97 Å². The number of methoxy groups -OCH3 is 1. The zero-order valence-electron chi connectivity index (χ0n) is 12.9. The molecule has 24 heavy (non-hydrogen) atoms. The van der Waals surface area contributed by atoms with Crippen LogP contribution in [0.2, 0.25) is 10.2 Å². The number of benzene rings is 1. The average Bonchev–Trinajstić information content (AvgIpc) is 2.55. The van der Waals surface area contributed by atoms with Gasteiger partial charge in [-0.05, 0) is 37.3 Å². The van der Waals surface area contributed by atoms with Gasteiger partial charge in [-0.3, -0.25) is 4.79 Å². The van der Waals surface area contributed by atoms with Crippen LogP contribution in [0.5, 0.6) is 5.75 Å². The molecule has 1 N–H and O–H groups in total. The number of nitrogens with zero attached hydrogens (tertiary/aromatic N) is 1. The number of rotatable bonds is 5. The predicted octanol–water partition coefficient (Wildman–Crippen LogP) is 3.58. The van der Waals surface area contributed by atoms with Gasteiger partial charge in [0, 0.05) is 11.2 Å². The molecular formula is C16H14Cl2N2O4. The van der Waals surface area contributed by atoms with E-state index in [0.717, 1.165) is 0 Å². The number of anilines is 1. The fourth-order valence-electron chi connectivity index (χ4n) is 1.79. The molecule has 0 saturated carbocycles. The van der Waals surface area contributed by atoms with E-state index in [-0.39, 0.29) is 10.7 Å². The minimum absolute atomic E-state index is 0.194. The minimum atomic E-state index is -1.03. The van der Waals surface area contributed by atoms with Gasteiger partial charge in [0.2, 0.25) is 0 Å². The molecule has 0 unspecified atom stereocenters. The number of halogens is 2. The Morgan fingerprint density at radius 3 is 2.58 bits per heavy atom. The van der Waals surface area contributed by atoms with E-state index < -0.39 is 18.0 Å². The smallest absolute Gasteiger partial charge is 0.340 e. The lowest BCUT2D eigenvalue weighted by atomic mass is 10.2. The van der Waals surface area contributed by atoms with Gasteiger partial charge in [0.25, 0.3) is 5.91 Å². The van der Waals surface area contributed by atoms with Crippen LogP contribution in [0.1, 0.15) is 17.3 Å². The number of amides is 1. The molecule has 0 spiro atoms. The molecule has 1 heterocycles. The van der Waals surface area contributed by atoms with Crippen molar-refractivity contribution in [2.45, 2.75) is 13.0 Å². The summed E-state index contributed by atoms with van der Waals surface area (Å²) in [6, 6.07) is 7.71. The van der Waals surface area contributed by atoms with Crippen molar-refractivity contribution in [2.24, 2.45) is 0 Å². The second-order valence-corrected chi connectivity index (χ2v) is 5.57. The molecule has 1 atom stereocenters. The third-order valence-electron chi connectivity index (χ3n) is 3.04. The van der Waals surface area contributed by atoms with Crippen LogP contribution in [0.15, 0.2) is 36.5 Å². The molecule has 0 saturated heterocycles. The largest absolute Gasteiger partial charge is 0.495 e. The predicted molar refractivity (Wildman–Crippen MR) is 90.8 cm³/mol. The van der Waals surface area contributed by atoms with Crippen LogP contribution in [-0.2, 0) is 9.53 Å². The number of carbonyl (C=O) groups excluding carboxylic acids is 2. The van der Waals surface area contributed by atoms with Crippen molar-refractivity contribution in [3.8, 4) is 5.75 Å². The molecule has 8 heteroatoms. The molecule has 1 aromatic carbocycles. The number of nitrogens with one attached hydrogen (secondary N) is 1. The van der Waals surface area contributed by atoms with Gasteiger partial charge in [-0.2, -0.15) is 0 Å². The number of hydrogen-bond donors (Lipinski definition) is 1. The number of ether oxygens (including phenoxy) is 2. The van der Waals surface area contributed by atoms with Crippen molar-refractivity contribution in [3.63, 3.8) is 0 Å². The van der Waals surface area contributed by atoms with Gasteiger partial charge in [0.1, 0.15) is 10.9 Å². The maximum atomic E-state index is 12.2. The van der Waals surface area contributed by atoms with Crippen LogP contribution in [0, 0.1) is 0 Å². The summed E-state index contributed by atoms with van der Waals surface area (Å²) in [5.41, 5.74) is 0.574. The third kappa shape index (κ3) is 4.59. The number of esters is 1. The first-order valence-corrected chi connectivity index (χ1v) is 7.63. The van der Waals surface area contributed by atoms with Crippen LogP contribution in [0.4, 0.5) is 5.69 Å². The lowest BCUT2D eigenvalue weighted by molar-refractivity contribution is -0.123. The van der Waals surface area contributed by atoms with Gasteiger partial charge < -0.3 is 14.8 Å². The Morgan fingerprint density at radius 1 is 1.21 bits per heavy atom. The van der Waals surface area contributed by atoms with Crippen LogP contribution in [-0.4, -0.2) is 30.1 Å². The monoisotopic (exact) mass is 368 g/mol. The normalized spacial score (nSPS) is 11.5. The van der Waals surface area contributed by atoms with Crippen LogP contribution >= 0.6 is 23.2 Å². The first-order chi connectivity index (χ1) is 11.4. The SMILES string of the molecule is COc1ccc(Cl)cc1NC(=O)[C@H](C)OC(=O)c1ccc(Cl)nc1. The molecule has 0 fully saturated rings. The highest BCUT2D eigenvalue weighted by atomic mass is 35.5. The fourth-order valence-corrected chi connectivity index (χ4v) is 2.07. The first-order valence-electron chi connectivity index (χ1n) is 6.87. The van der Waals surface area contributed by atoms with Crippen LogP contribution in [0.25, 0.3) is 0 Å². The minimum Gasteiger partial charge on any atom is -0.495 e. The summed E-state index contributed by atoms with van der Waals surface area (Å²) >= 11 is 11.6. The summed E-state index contributed by atoms with van der Waals surface area (Å²) < 4.78 is 10.2. The molecular weight excluding hydrogens is 355 g/mol. The summed E-state index contributed by atoms with van der Waals surface area (Å²) in [7, 11) is 1.47. The molecule has 0 aliphatic heterocycles. The van der Waals surface area contributed by atoms with E-state index in [1.54, 1.807) is 12.1 Å². The Morgan fingerprint density at radius 2 is 1.96 bits per heavy atom. The standard InChI is InChI=1S/C16H14Cl2N2O4/c1-9(24-16(22)10-3-6-14(18)19-8-10)15(21)20-12-7-11(17)4-5-13(12)23-2/h3-9H,1-2H3,(H,20,21)/t9-/m0/s1. The average molecular weight is 369 g/mol. The first kappa shape index (κ1) is 18.0. The molecule has 6 nitrogen and oxygen atoms in total. The third-order valence-corrected chi connectivity index (χ3v) is 3.49. The lowest BCUT2D eigenvalue weighted by Gasteiger charge is -2.15. The molecule has 1 amide bonds. The van der Waals surface area contributed by atoms with E-state index in [9.17, 15) is 9.59 Å². The van der Waals surface area contributed by atoms with Crippen molar-refractivity contribution < 1.29 is 19.1 Å². The molecule has 2 aromatic rings. The van der Waals surface area contributed by atoms with Crippen molar-refractivity contribution in [2.75, 3.05) is 12.4 Å². The van der Waals surface area contributed by atoms with E-state index in [1.165, 1.54) is 38.4 Å². The maximum Gasteiger partial charge on any atom is 0.340 e. The van der Waals surface area contributed by atoms with Gasteiger partial charge in [0.05, 0.1) is 18.4 Å². The zero-order valence-corrected chi connectivity index (χ0v) is 14.4. The molecule has 0 aliphatic rings. The fraction of sp³-hybridized carbons (Fsp3) is 0.188. The number of carbonyl (C=O) groups is 2. The Bertz CT molecular complexity index is 750. The molecule has 0 aliphatic carbocycles. The topological polar surface area (TPSA) is 77.5 Å². The van der Waals surface area contributed by atoms with Gasteiger partial charge in [-0.15, -0.1) is 0 Å². The van der Waals surface area contributed by atoms with Crippen molar-refractivity contribution in [1.29, 1.82) is 0 Å². The Balaban J connectivity index is 2.03. The molecule has 0 radical (unpaired) electrons. The molecule has 2 rings (SSSR count). The van der Waals surface area contributed by atoms with Crippen LogP contribution in [0.3, 0.4) is 0 Å². The second kappa shape index (κ2) is 7.99. The second-order valence-electron chi connectivity index (χ2n) is 4.75. The number of pyridine rings is 1. The van der Waals surface area contributed by atoms with Crippen molar-refractivity contribution in [1.82, 2.24) is 4.98 Å². The van der Waals surface area contributed by atoms with Crippen molar-refractivity contribution >= 4 is 40.8 Å². The van der Waals surface area contributed by atoms with E-state index in [0.29, 0.717) is 16.5 Å². The molecule has 0 bridgehead atoms. The summed E-state index contributed by atoms with van der Waals surface area (Å²) in [5.74, 6) is -0.765. The highest BCUT2D eigenvalue weighted by Crippen LogP contribution is 2.27. The van der Waals surface area contributed by atoms with Gasteiger partial charge in [-0.1, -0.05) is 23.2 Å². The Kier molecular flexibility index (Phi) is 6.00. The highest BCUT2D eigenvalue weighted by Gasteiger charge is 2.20. The van der Waals surface area contributed by atoms with E-state index in [4.69, 9.17) is 32.7 Å². The highest BCUT2D eigenvalue weighted by molar-refractivity contribution is 6.31. The summed E-state index contributed by atoms with van der Waals surface area (Å²) in [4.78, 5) is 27.9. The van der Waals surface area contributed by atoms with E-state index >= 15 is 0 Å². The summed E-state index contributed by atoms with van der Waals surface area (Å²) in [5, 5.41) is 3.29. The van der Waals surface area contributed by atoms with Crippen molar-refractivity contribution in [3.05, 3.63) is 52.3 Å². The van der Waals surface area contributed by atoms with Gasteiger partial charge in [-0.25, -0.2) is 9.78 Å². The maximum absolute atomic E-state index is 12.2. The van der Waals surface area contributed by atoms with E-state index in [2.05, 4.69) is 10.3 Å². The quantitative estimate of drug-likeness (QED) is 0.644. The van der Waals surface area contributed by atoms with E-state index in [1.807, 2.05) is 0 Å². The lowest BCUT2D eigenvalue weighted by Crippen LogP contribution is -2.30. The number of aromatic nitrogens is 1. The van der Waals surface area contributed by atoms with Gasteiger partial charge in [0.15, 0.2) is 6.10 Å². The zero-order chi connectivity index (χ0) is 17.7. The summed E-state index contributed by atoms with van der Waals surface area (Å²) in [6.45, 7) is 1.45.